The molecule has 1 N–H and O–H groups in total. The first-order chi connectivity index (χ1) is 20.6. The minimum atomic E-state index is -3.74. The number of hydrogen-bond acceptors (Lipinski definition) is 7. The zero-order valence-corrected chi connectivity index (χ0v) is 30.0. The van der Waals surface area contributed by atoms with E-state index in [-0.39, 0.29) is 11.5 Å². The quantitative estimate of drug-likeness (QED) is 0.170. The average molecular weight is 644 g/mol. The van der Waals surface area contributed by atoms with Crippen LogP contribution in [0.1, 0.15) is 62.3 Å². The van der Waals surface area contributed by atoms with Gasteiger partial charge < -0.3 is 15.0 Å². The minimum Gasteiger partial charge on any atom is -0.359 e. The molecule has 3 aromatic rings. The number of aromatic nitrogens is 4. The Kier molecular flexibility index (Phi) is 10.8. The van der Waals surface area contributed by atoms with Crippen molar-refractivity contribution in [3.8, 4) is 0 Å². The Bertz CT molecular complexity index is 1490. The van der Waals surface area contributed by atoms with E-state index in [1.54, 1.807) is 20.3 Å². The summed E-state index contributed by atoms with van der Waals surface area (Å²) in [6.45, 7) is 15.7. The zero-order valence-electron chi connectivity index (χ0n) is 28.2. The molecule has 10 nitrogen and oxygen atoms in total. The standard InChI is InChI=1S/C32H53N7O3SSi/c1-10-32(2,3)21-27-23-39(43(40,41)36(5)6)30(35-27)29(33-4)20-25-13-15-28(16-14-25)37-17-11-12-26-22-34-38(31(26)37)24-42-18-19-44(7,8)9/h13-16,22-23,29,33H,10-12,17-21,24H2,1-9H3. The molecule has 0 saturated carbocycles. The number of likely N-dealkylation sites (N-methyl/N-ethyl adjacent to an activating group) is 1. The van der Waals surface area contributed by atoms with Crippen molar-refractivity contribution < 1.29 is 13.2 Å². The van der Waals surface area contributed by atoms with Gasteiger partial charge in [-0.1, -0.05) is 59.0 Å². The van der Waals surface area contributed by atoms with Gasteiger partial charge in [0.05, 0.1) is 17.9 Å². The number of hydrogen-bond donors (Lipinski definition) is 1. The second kappa shape index (κ2) is 13.9. The third-order valence-electron chi connectivity index (χ3n) is 8.60. The lowest BCUT2D eigenvalue weighted by Crippen LogP contribution is -2.32. The minimum absolute atomic E-state index is 0.0209. The third kappa shape index (κ3) is 8.19. The molecule has 244 valence electrons. The van der Waals surface area contributed by atoms with Crippen molar-refractivity contribution >= 4 is 29.8 Å². The van der Waals surface area contributed by atoms with Crippen LogP contribution < -0.4 is 10.2 Å². The Balaban J connectivity index is 1.55. The van der Waals surface area contributed by atoms with Crippen LogP contribution in [0.3, 0.4) is 0 Å². The molecule has 1 aromatic carbocycles. The number of nitrogens with one attached hydrogen (secondary N) is 1. The molecular weight excluding hydrogens is 591 g/mol. The van der Waals surface area contributed by atoms with Crippen LogP contribution in [0.4, 0.5) is 11.5 Å². The maximum absolute atomic E-state index is 13.3. The summed E-state index contributed by atoms with van der Waals surface area (Å²) in [6.07, 6.45) is 8.04. The second-order valence-corrected chi connectivity index (χ2v) is 21.8. The van der Waals surface area contributed by atoms with Gasteiger partial charge in [0, 0.05) is 52.8 Å². The number of aryl methyl sites for hydroxylation is 1. The fourth-order valence-corrected chi connectivity index (χ4v) is 7.17. The molecule has 3 heterocycles. The van der Waals surface area contributed by atoms with Crippen molar-refractivity contribution in [1.29, 1.82) is 0 Å². The average Bonchev–Trinajstić information content (AvgIpc) is 3.58. The summed E-state index contributed by atoms with van der Waals surface area (Å²) in [5, 5.41) is 8.01. The lowest BCUT2D eigenvalue weighted by molar-refractivity contribution is 0.0795. The fraction of sp³-hybridized carbons (Fsp3) is 0.625. The number of imidazole rings is 1. The maximum Gasteiger partial charge on any atom is 0.308 e. The van der Waals surface area contributed by atoms with Gasteiger partial charge in [-0.25, -0.2) is 13.6 Å². The lowest BCUT2D eigenvalue weighted by Gasteiger charge is -2.30. The van der Waals surface area contributed by atoms with E-state index >= 15 is 0 Å². The van der Waals surface area contributed by atoms with E-state index in [4.69, 9.17) is 9.72 Å². The van der Waals surface area contributed by atoms with Gasteiger partial charge in [0.25, 0.3) is 0 Å². The Labute approximate surface area is 266 Å². The van der Waals surface area contributed by atoms with Crippen LogP contribution in [0.25, 0.3) is 0 Å². The number of fused-ring (bicyclic) bond motifs is 1. The molecule has 2 aromatic heterocycles. The molecule has 0 spiro atoms. The van der Waals surface area contributed by atoms with Crippen LogP contribution in [-0.2, 0) is 40.9 Å². The van der Waals surface area contributed by atoms with Crippen LogP contribution in [-0.4, -0.2) is 73.8 Å². The van der Waals surface area contributed by atoms with E-state index in [1.165, 1.54) is 13.8 Å². The van der Waals surface area contributed by atoms with Gasteiger partial charge in [-0.3, -0.25) is 0 Å². The highest BCUT2D eigenvalue weighted by molar-refractivity contribution is 7.87. The summed E-state index contributed by atoms with van der Waals surface area (Å²) in [5.74, 6) is 1.62. The molecule has 0 amide bonds. The highest BCUT2D eigenvalue weighted by Crippen LogP contribution is 2.34. The van der Waals surface area contributed by atoms with E-state index < -0.39 is 18.3 Å². The first-order valence-electron chi connectivity index (χ1n) is 15.8. The Hall–Kier alpha value is -2.51. The van der Waals surface area contributed by atoms with Crippen molar-refractivity contribution in [2.24, 2.45) is 5.41 Å². The summed E-state index contributed by atoms with van der Waals surface area (Å²) in [7, 11) is 0.0822. The predicted molar refractivity (Wildman–Crippen MR) is 182 cm³/mol. The summed E-state index contributed by atoms with van der Waals surface area (Å²) >= 11 is 0. The van der Waals surface area contributed by atoms with Gasteiger partial charge in [-0.2, -0.15) is 17.8 Å². The maximum atomic E-state index is 13.3. The smallest absolute Gasteiger partial charge is 0.308 e. The molecule has 1 aliphatic heterocycles. The fourth-order valence-electron chi connectivity index (χ4n) is 5.40. The summed E-state index contributed by atoms with van der Waals surface area (Å²) < 4.78 is 37.3. The molecule has 0 radical (unpaired) electrons. The lowest BCUT2D eigenvalue weighted by atomic mass is 9.85. The van der Waals surface area contributed by atoms with Crippen LogP contribution in [0.15, 0.2) is 36.7 Å². The molecule has 0 aliphatic carbocycles. The number of benzene rings is 1. The number of ether oxygens (including phenoxy) is 1. The van der Waals surface area contributed by atoms with Gasteiger partial charge in [0.1, 0.15) is 18.4 Å². The molecule has 0 saturated heterocycles. The van der Waals surface area contributed by atoms with Gasteiger partial charge in [-0.05, 0) is 61.9 Å². The largest absolute Gasteiger partial charge is 0.359 e. The number of anilines is 2. The van der Waals surface area contributed by atoms with Gasteiger partial charge in [0.2, 0.25) is 0 Å². The van der Waals surface area contributed by atoms with Crippen LogP contribution in [0.2, 0.25) is 25.7 Å². The van der Waals surface area contributed by atoms with Crippen molar-refractivity contribution in [3.63, 3.8) is 0 Å². The van der Waals surface area contributed by atoms with Crippen molar-refractivity contribution in [2.45, 2.75) is 91.3 Å². The van der Waals surface area contributed by atoms with E-state index in [2.05, 4.69) is 80.0 Å². The van der Waals surface area contributed by atoms with E-state index in [9.17, 15) is 8.42 Å². The van der Waals surface area contributed by atoms with Crippen molar-refractivity contribution in [1.82, 2.24) is 28.4 Å². The van der Waals surface area contributed by atoms with E-state index in [1.807, 2.05) is 17.9 Å². The summed E-state index contributed by atoms with van der Waals surface area (Å²) in [4.78, 5) is 7.23. The Morgan fingerprint density at radius 1 is 1.16 bits per heavy atom. The van der Waals surface area contributed by atoms with Crippen LogP contribution in [0.5, 0.6) is 0 Å². The second-order valence-electron chi connectivity index (χ2n) is 14.2. The van der Waals surface area contributed by atoms with E-state index in [0.29, 0.717) is 25.4 Å². The first-order valence-corrected chi connectivity index (χ1v) is 20.9. The van der Waals surface area contributed by atoms with Crippen molar-refractivity contribution in [2.75, 3.05) is 39.2 Å². The first kappa shape index (κ1) is 34.4. The van der Waals surface area contributed by atoms with Crippen LogP contribution >= 0.6 is 0 Å². The SMILES string of the molecule is CCC(C)(C)Cc1cn(S(=O)(=O)N(C)C)c(C(Cc2ccc(N3CCCc4cnn(COCC[Si](C)(C)C)c43)cc2)NC)n1. The molecule has 0 bridgehead atoms. The molecule has 1 unspecified atom stereocenters. The topological polar surface area (TPSA) is 97.5 Å². The zero-order chi connectivity index (χ0) is 32.3. The Morgan fingerprint density at radius 3 is 2.48 bits per heavy atom. The normalized spacial score (nSPS) is 15.2. The van der Waals surface area contributed by atoms with Gasteiger partial charge >= 0.3 is 10.2 Å². The summed E-state index contributed by atoms with van der Waals surface area (Å²) in [6, 6.07) is 9.42. The van der Waals surface area contributed by atoms with E-state index in [0.717, 1.165) is 61.2 Å². The molecule has 0 fully saturated rings. The van der Waals surface area contributed by atoms with Gasteiger partial charge in [-0.15, -0.1) is 0 Å². The third-order valence-corrected chi connectivity index (χ3v) is 12.0. The highest BCUT2D eigenvalue weighted by atomic mass is 32.2. The molecule has 1 aliphatic rings. The predicted octanol–water partition coefficient (Wildman–Crippen LogP) is 5.61. The molecule has 1 atom stereocenters. The molecular formula is C32H53N7O3SSi. The monoisotopic (exact) mass is 643 g/mol. The van der Waals surface area contributed by atoms with Crippen molar-refractivity contribution in [3.05, 3.63) is 59.3 Å². The molecule has 44 heavy (non-hydrogen) atoms. The van der Waals surface area contributed by atoms with Gasteiger partial charge in [0.15, 0.2) is 0 Å². The molecule has 12 heteroatoms. The Morgan fingerprint density at radius 2 is 1.86 bits per heavy atom. The highest BCUT2D eigenvalue weighted by Gasteiger charge is 2.29. The van der Waals surface area contributed by atoms with Crippen LogP contribution in [0, 0.1) is 5.41 Å². The molecule has 4 rings (SSSR count). The number of nitrogens with zero attached hydrogens (tertiary/aromatic N) is 6. The number of rotatable bonds is 15. The summed E-state index contributed by atoms with van der Waals surface area (Å²) in [5.41, 5.74) is 4.27.